The fraction of sp³-hybridized carbons (Fsp3) is 0.222. The maximum absolute atomic E-state index is 4.71. The van der Waals surface area contributed by atoms with E-state index in [-0.39, 0.29) is 5.92 Å². The zero-order chi connectivity index (χ0) is 7.40. The van der Waals surface area contributed by atoms with E-state index in [9.17, 15) is 0 Å². The Morgan fingerprint density at radius 1 is 1.30 bits per heavy atom. The van der Waals surface area contributed by atoms with Crippen LogP contribution in [0.1, 0.15) is 18.4 Å². The molecular weight excluding hydrogens is 140 g/mol. The van der Waals surface area contributed by atoms with E-state index in [0.717, 1.165) is 0 Å². The molecular formula is C9H9S. The van der Waals surface area contributed by atoms with Crippen LogP contribution in [0.15, 0.2) is 30.3 Å². The van der Waals surface area contributed by atoms with Crippen molar-refractivity contribution in [1.82, 2.24) is 0 Å². The molecule has 0 nitrogen and oxygen atoms in total. The van der Waals surface area contributed by atoms with E-state index in [0.29, 0.717) is 0 Å². The van der Waals surface area contributed by atoms with Crippen molar-refractivity contribution in [2.75, 3.05) is 0 Å². The summed E-state index contributed by atoms with van der Waals surface area (Å²) in [6.07, 6.45) is 0. The van der Waals surface area contributed by atoms with Crippen molar-refractivity contribution in [3.8, 4) is 0 Å². The second-order valence-corrected chi connectivity index (χ2v) is 2.49. The summed E-state index contributed by atoms with van der Waals surface area (Å²) in [5.74, 6) is 0.274. The van der Waals surface area contributed by atoms with Crippen LogP contribution < -0.4 is 0 Å². The zero-order valence-corrected chi connectivity index (χ0v) is 6.69. The lowest BCUT2D eigenvalue weighted by atomic mass is 10.0. The molecule has 0 spiro atoms. The zero-order valence-electron chi connectivity index (χ0n) is 5.87. The van der Waals surface area contributed by atoms with Crippen molar-refractivity contribution in [2.45, 2.75) is 12.8 Å². The Morgan fingerprint density at radius 2 is 1.90 bits per heavy atom. The highest BCUT2D eigenvalue weighted by atomic mass is 32.1. The maximum atomic E-state index is 4.71. The highest BCUT2D eigenvalue weighted by molar-refractivity contribution is 7.79. The summed E-state index contributed by atoms with van der Waals surface area (Å²) in [6.45, 7) is 2.04. The number of rotatable bonds is 2. The van der Waals surface area contributed by atoms with E-state index in [2.05, 4.69) is 17.5 Å². The number of thiocarbonyl (C=S) groups is 1. The summed E-state index contributed by atoms with van der Waals surface area (Å²) in [7, 11) is 0. The van der Waals surface area contributed by atoms with Crippen molar-refractivity contribution in [3.05, 3.63) is 35.9 Å². The van der Waals surface area contributed by atoms with Crippen LogP contribution in [0.3, 0.4) is 0 Å². The van der Waals surface area contributed by atoms with E-state index < -0.39 is 0 Å². The van der Waals surface area contributed by atoms with Gasteiger partial charge in [0.15, 0.2) is 0 Å². The predicted octanol–water partition coefficient (Wildman–Crippen LogP) is 2.67. The van der Waals surface area contributed by atoms with Gasteiger partial charge in [0, 0.05) is 11.3 Å². The average Bonchev–Trinajstić information content (AvgIpc) is 2.05. The minimum atomic E-state index is 0.274. The highest BCUT2D eigenvalue weighted by Crippen LogP contribution is 2.11. The van der Waals surface area contributed by atoms with E-state index >= 15 is 0 Å². The normalized spacial score (nSPS) is 12.5. The lowest BCUT2D eigenvalue weighted by Gasteiger charge is -2.01. The van der Waals surface area contributed by atoms with Crippen molar-refractivity contribution < 1.29 is 0 Å². The molecule has 1 aromatic rings. The maximum Gasteiger partial charge on any atom is 0.0369 e. The predicted molar refractivity (Wildman–Crippen MR) is 47.5 cm³/mol. The third kappa shape index (κ3) is 1.64. The van der Waals surface area contributed by atoms with Gasteiger partial charge in [0.05, 0.1) is 0 Å². The molecule has 0 N–H and O–H groups in total. The van der Waals surface area contributed by atoms with Gasteiger partial charge in [-0.15, -0.1) is 0 Å². The van der Waals surface area contributed by atoms with Gasteiger partial charge in [-0.05, 0) is 5.56 Å². The van der Waals surface area contributed by atoms with Crippen LogP contribution in [0.25, 0.3) is 0 Å². The van der Waals surface area contributed by atoms with Crippen LogP contribution >= 0.6 is 12.2 Å². The van der Waals surface area contributed by atoms with Gasteiger partial charge in [0.2, 0.25) is 0 Å². The Morgan fingerprint density at radius 3 is 2.40 bits per heavy atom. The van der Waals surface area contributed by atoms with Crippen molar-refractivity contribution in [3.63, 3.8) is 0 Å². The molecule has 0 bridgehead atoms. The largest absolute Gasteiger partial charge is 0.0830 e. The summed E-state index contributed by atoms with van der Waals surface area (Å²) in [5.41, 5.74) is 1.23. The topological polar surface area (TPSA) is 0 Å². The third-order valence-corrected chi connectivity index (χ3v) is 1.83. The lowest BCUT2D eigenvalue weighted by Crippen LogP contribution is -1.90. The van der Waals surface area contributed by atoms with Gasteiger partial charge in [-0.3, -0.25) is 0 Å². The Hall–Kier alpha value is -0.690. The van der Waals surface area contributed by atoms with Gasteiger partial charge in [0.25, 0.3) is 0 Å². The Bertz CT molecular complexity index is 203. The molecule has 1 atom stereocenters. The highest BCUT2D eigenvalue weighted by Gasteiger charge is 1.98. The van der Waals surface area contributed by atoms with Crippen LogP contribution in [0.4, 0.5) is 0 Å². The number of hydrogen-bond acceptors (Lipinski definition) is 1. The van der Waals surface area contributed by atoms with E-state index in [1.807, 2.05) is 25.1 Å². The summed E-state index contributed by atoms with van der Waals surface area (Å²) >= 11 is 4.71. The fourth-order valence-corrected chi connectivity index (χ4v) is 0.946. The molecule has 0 amide bonds. The summed E-state index contributed by atoms with van der Waals surface area (Å²) in [6, 6.07) is 10.1. The molecule has 0 aliphatic rings. The minimum Gasteiger partial charge on any atom is -0.0830 e. The van der Waals surface area contributed by atoms with Crippen LogP contribution in [0.5, 0.6) is 0 Å². The SMILES string of the molecule is CC([C]=S)c1ccccc1. The van der Waals surface area contributed by atoms with Gasteiger partial charge >= 0.3 is 0 Å². The average molecular weight is 149 g/mol. The molecule has 1 heteroatoms. The Kier molecular flexibility index (Phi) is 2.57. The van der Waals surface area contributed by atoms with Gasteiger partial charge in [0.1, 0.15) is 0 Å². The first-order valence-corrected chi connectivity index (χ1v) is 3.68. The van der Waals surface area contributed by atoms with Crippen LogP contribution in [-0.2, 0) is 0 Å². The second kappa shape index (κ2) is 3.47. The standard InChI is InChI=1S/C9H9S/c1-8(7-10)9-5-3-2-4-6-9/h2-6,8H,1H3. The Balaban J connectivity index is 2.84. The molecule has 0 saturated carbocycles. The molecule has 0 aliphatic carbocycles. The Labute approximate surface area is 66.9 Å². The lowest BCUT2D eigenvalue weighted by molar-refractivity contribution is 1.06. The summed E-state index contributed by atoms with van der Waals surface area (Å²) < 4.78 is 0. The van der Waals surface area contributed by atoms with Gasteiger partial charge in [-0.25, -0.2) is 0 Å². The molecule has 51 valence electrons. The first kappa shape index (κ1) is 7.42. The van der Waals surface area contributed by atoms with Crippen molar-refractivity contribution in [1.29, 1.82) is 0 Å². The van der Waals surface area contributed by atoms with Crippen molar-refractivity contribution in [2.24, 2.45) is 0 Å². The molecule has 1 unspecified atom stereocenters. The molecule has 1 rings (SSSR count). The smallest absolute Gasteiger partial charge is 0.0369 e. The molecule has 0 heterocycles. The monoisotopic (exact) mass is 149 g/mol. The molecule has 1 aromatic carbocycles. The van der Waals surface area contributed by atoms with E-state index in [4.69, 9.17) is 12.2 Å². The molecule has 0 aromatic heterocycles. The quantitative estimate of drug-likeness (QED) is 0.582. The summed E-state index contributed by atoms with van der Waals surface area (Å²) in [5, 5.41) is 2.76. The van der Waals surface area contributed by atoms with E-state index in [1.54, 1.807) is 0 Å². The number of benzene rings is 1. The van der Waals surface area contributed by atoms with Crippen LogP contribution in [-0.4, -0.2) is 5.37 Å². The first-order chi connectivity index (χ1) is 4.84. The van der Waals surface area contributed by atoms with Gasteiger partial charge in [-0.2, -0.15) is 0 Å². The second-order valence-electron chi connectivity index (χ2n) is 2.25. The minimum absolute atomic E-state index is 0.274. The van der Waals surface area contributed by atoms with Crippen molar-refractivity contribution >= 4 is 17.6 Å². The molecule has 0 fully saturated rings. The molecule has 0 saturated heterocycles. The van der Waals surface area contributed by atoms with Crippen LogP contribution in [0.2, 0.25) is 0 Å². The summed E-state index contributed by atoms with van der Waals surface area (Å²) in [4.78, 5) is 0. The van der Waals surface area contributed by atoms with E-state index in [1.165, 1.54) is 5.56 Å². The first-order valence-electron chi connectivity index (χ1n) is 3.27. The fourth-order valence-electron chi connectivity index (χ4n) is 0.810. The molecule has 10 heavy (non-hydrogen) atoms. The third-order valence-electron chi connectivity index (χ3n) is 1.48. The van der Waals surface area contributed by atoms with Gasteiger partial charge in [-0.1, -0.05) is 49.5 Å². The van der Waals surface area contributed by atoms with Crippen LogP contribution in [0, 0.1) is 0 Å². The number of hydrogen-bond donors (Lipinski definition) is 0. The molecule has 1 radical (unpaired) electrons. The van der Waals surface area contributed by atoms with Gasteiger partial charge < -0.3 is 0 Å². The molecule has 0 aliphatic heterocycles.